The summed E-state index contributed by atoms with van der Waals surface area (Å²) >= 11 is 0. The molecule has 1 aromatic carbocycles. The van der Waals surface area contributed by atoms with Crippen LogP contribution in [-0.2, 0) is 22.6 Å². The second kappa shape index (κ2) is 10.7. The van der Waals surface area contributed by atoms with E-state index in [1.54, 1.807) is 30.6 Å². The van der Waals surface area contributed by atoms with Gasteiger partial charge in [0.2, 0.25) is 11.8 Å². The quantitative estimate of drug-likeness (QED) is 0.563. The predicted molar refractivity (Wildman–Crippen MR) is 115 cm³/mol. The van der Waals surface area contributed by atoms with Gasteiger partial charge in [0.1, 0.15) is 24.0 Å². The highest BCUT2D eigenvalue weighted by molar-refractivity contribution is 5.92. The molecule has 154 valence electrons. The summed E-state index contributed by atoms with van der Waals surface area (Å²) in [6.07, 6.45) is 4.74. The van der Waals surface area contributed by atoms with Crippen LogP contribution in [0.4, 0.5) is 11.6 Å². The molecule has 0 atom stereocenters. The van der Waals surface area contributed by atoms with Crippen LogP contribution in [0.15, 0.2) is 67.0 Å². The average molecular weight is 404 g/mol. The minimum Gasteiger partial charge on any atom is -0.487 e. The highest BCUT2D eigenvalue weighted by atomic mass is 16.5. The maximum absolute atomic E-state index is 12.4. The Labute approximate surface area is 175 Å². The highest BCUT2D eigenvalue weighted by Crippen LogP contribution is 2.14. The highest BCUT2D eigenvalue weighted by Gasteiger charge is 2.08. The van der Waals surface area contributed by atoms with Crippen molar-refractivity contribution in [3.63, 3.8) is 0 Å². The van der Waals surface area contributed by atoms with Crippen molar-refractivity contribution in [1.82, 2.24) is 9.97 Å². The molecule has 30 heavy (non-hydrogen) atoms. The van der Waals surface area contributed by atoms with Crippen molar-refractivity contribution in [2.24, 2.45) is 0 Å². The van der Waals surface area contributed by atoms with Crippen molar-refractivity contribution in [1.29, 1.82) is 0 Å². The molecule has 0 saturated heterocycles. The number of nitrogens with one attached hydrogen (secondary N) is 2. The summed E-state index contributed by atoms with van der Waals surface area (Å²) in [4.78, 5) is 32.4. The maximum Gasteiger partial charge on any atom is 0.229 e. The van der Waals surface area contributed by atoms with E-state index in [1.807, 2.05) is 43.3 Å². The van der Waals surface area contributed by atoms with Gasteiger partial charge in [-0.25, -0.2) is 4.98 Å². The number of ether oxygens (including phenoxy) is 1. The van der Waals surface area contributed by atoms with Crippen LogP contribution in [0.1, 0.15) is 30.9 Å². The first-order valence-electron chi connectivity index (χ1n) is 9.80. The van der Waals surface area contributed by atoms with Gasteiger partial charge in [0, 0.05) is 12.6 Å². The molecule has 3 aromatic rings. The standard InChI is InChI=1S/C23H24N4O3/c1-2-6-22(28)26-20-10-4-11-21(25-20)27-23(29)14-17-7-3-8-18(13-17)16-30-19-9-5-12-24-15-19/h3-5,7-13,15H,2,6,14,16H2,1H3,(H2,25,26,27,28,29). The van der Waals surface area contributed by atoms with E-state index in [0.717, 1.165) is 17.5 Å². The molecule has 0 aliphatic carbocycles. The lowest BCUT2D eigenvalue weighted by Gasteiger charge is -2.09. The summed E-state index contributed by atoms with van der Waals surface area (Å²) in [5, 5.41) is 5.49. The molecule has 2 amide bonds. The molecule has 2 N–H and O–H groups in total. The second-order valence-corrected chi connectivity index (χ2v) is 6.73. The lowest BCUT2D eigenvalue weighted by atomic mass is 10.1. The molecule has 0 spiro atoms. The third kappa shape index (κ3) is 6.70. The summed E-state index contributed by atoms with van der Waals surface area (Å²) in [5.41, 5.74) is 1.83. The van der Waals surface area contributed by atoms with Crippen LogP contribution in [0.3, 0.4) is 0 Å². The molecule has 0 radical (unpaired) electrons. The normalized spacial score (nSPS) is 10.3. The van der Waals surface area contributed by atoms with Gasteiger partial charge in [0.25, 0.3) is 0 Å². The molecule has 3 rings (SSSR count). The molecule has 7 heteroatoms. The van der Waals surface area contributed by atoms with Crippen LogP contribution in [0.25, 0.3) is 0 Å². The van der Waals surface area contributed by atoms with Crippen LogP contribution in [0.5, 0.6) is 5.75 Å². The number of pyridine rings is 2. The Morgan fingerprint density at radius 1 is 0.933 bits per heavy atom. The minimum atomic E-state index is -0.190. The van der Waals surface area contributed by atoms with Gasteiger partial charge in [-0.1, -0.05) is 37.3 Å². The van der Waals surface area contributed by atoms with Crippen molar-refractivity contribution in [3.05, 3.63) is 78.1 Å². The van der Waals surface area contributed by atoms with Gasteiger partial charge in [-0.05, 0) is 41.8 Å². The lowest BCUT2D eigenvalue weighted by molar-refractivity contribution is -0.116. The summed E-state index contributed by atoms with van der Waals surface area (Å²) in [5.74, 6) is 1.22. The molecule has 7 nitrogen and oxygen atoms in total. The van der Waals surface area contributed by atoms with Gasteiger partial charge < -0.3 is 15.4 Å². The van der Waals surface area contributed by atoms with Gasteiger partial charge in [-0.15, -0.1) is 0 Å². The first kappa shape index (κ1) is 21.0. The van der Waals surface area contributed by atoms with Crippen molar-refractivity contribution < 1.29 is 14.3 Å². The Balaban J connectivity index is 1.55. The Hall–Kier alpha value is -3.74. The topological polar surface area (TPSA) is 93.2 Å². The van der Waals surface area contributed by atoms with E-state index >= 15 is 0 Å². The van der Waals surface area contributed by atoms with Crippen LogP contribution >= 0.6 is 0 Å². The number of carbonyl (C=O) groups excluding carboxylic acids is 2. The monoisotopic (exact) mass is 404 g/mol. The van der Waals surface area contributed by atoms with Crippen molar-refractivity contribution in [2.75, 3.05) is 10.6 Å². The van der Waals surface area contributed by atoms with Crippen molar-refractivity contribution in [3.8, 4) is 5.75 Å². The van der Waals surface area contributed by atoms with Crippen LogP contribution in [0, 0.1) is 0 Å². The smallest absolute Gasteiger partial charge is 0.229 e. The zero-order chi connectivity index (χ0) is 21.2. The Morgan fingerprint density at radius 3 is 2.40 bits per heavy atom. The number of benzene rings is 1. The average Bonchev–Trinajstić information content (AvgIpc) is 2.73. The summed E-state index contributed by atoms with van der Waals surface area (Å²) in [6, 6.07) is 16.4. The molecule has 0 fully saturated rings. The van der Waals surface area contributed by atoms with E-state index in [0.29, 0.717) is 30.4 Å². The number of hydrogen-bond donors (Lipinski definition) is 2. The fourth-order valence-electron chi connectivity index (χ4n) is 2.81. The number of carbonyl (C=O) groups is 2. The molecule has 0 aliphatic heterocycles. The van der Waals surface area contributed by atoms with Crippen LogP contribution in [0.2, 0.25) is 0 Å². The van der Waals surface area contributed by atoms with Crippen LogP contribution < -0.4 is 15.4 Å². The molecule has 0 unspecified atom stereocenters. The van der Waals surface area contributed by atoms with E-state index in [9.17, 15) is 9.59 Å². The number of rotatable bonds is 9. The summed E-state index contributed by atoms with van der Waals surface area (Å²) < 4.78 is 5.70. The lowest BCUT2D eigenvalue weighted by Crippen LogP contribution is -2.17. The van der Waals surface area contributed by atoms with E-state index in [4.69, 9.17) is 4.74 Å². The Kier molecular flexibility index (Phi) is 7.49. The van der Waals surface area contributed by atoms with Crippen LogP contribution in [-0.4, -0.2) is 21.8 Å². The number of amides is 2. The Bertz CT molecular complexity index is 993. The van der Waals surface area contributed by atoms with Gasteiger partial charge in [0.05, 0.1) is 12.6 Å². The number of aromatic nitrogens is 2. The molecular weight excluding hydrogens is 380 g/mol. The fraction of sp³-hybridized carbons (Fsp3) is 0.217. The van der Waals surface area contributed by atoms with E-state index in [-0.39, 0.29) is 18.2 Å². The molecule has 2 aromatic heterocycles. The van der Waals surface area contributed by atoms with Gasteiger partial charge in [0.15, 0.2) is 0 Å². The largest absolute Gasteiger partial charge is 0.487 e. The SMILES string of the molecule is CCCC(=O)Nc1cccc(NC(=O)Cc2cccc(COc3cccnc3)c2)n1. The summed E-state index contributed by atoms with van der Waals surface area (Å²) in [6.45, 7) is 2.33. The number of anilines is 2. The van der Waals surface area contributed by atoms with Gasteiger partial charge in [-0.3, -0.25) is 14.6 Å². The van der Waals surface area contributed by atoms with E-state index in [2.05, 4.69) is 20.6 Å². The van der Waals surface area contributed by atoms with E-state index < -0.39 is 0 Å². The minimum absolute atomic E-state index is 0.0983. The van der Waals surface area contributed by atoms with E-state index in [1.165, 1.54) is 0 Å². The molecule has 2 heterocycles. The first-order valence-corrected chi connectivity index (χ1v) is 9.80. The molecular formula is C23H24N4O3. The molecule has 0 aliphatic rings. The third-order valence-corrected chi connectivity index (χ3v) is 4.16. The molecule has 0 saturated carbocycles. The first-order chi connectivity index (χ1) is 14.6. The zero-order valence-corrected chi connectivity index (χ0v) is 16.8. The maximum atomic E-state index is 12.4. The predicted octanol–water partition coefficient (Wildman–Crippen LogP) is 3.98. The summed E-state index contributed by atoms with van der Waals surface area (Å²) in [7, 11) is 0. The number of nitrogens with zero attached hydrogens (tertiary/aromatic N) is 2. The molecule has 0 bridgehead atoms. The number of hydrogen-bond acceptors (Lipinski definition) is 5. The second-order valence-electron chi connectivity index (χ2n) is 6.73. The van der Waals surface area contributed by atoms with Gasteiger partial charge >= 0.3 is 0 Å². The van der Waals surface area contributed by atoms with Gasteiger partial charge in [-0.2, -0.15) is 0 Å². The Morgan fingerprint density at radius 2 is 1.67 bits per heavy atom. The van der Waals surface area contributed by atoms with Crippen molar-refractivity contribution >= 4 is 23.5 Å². The third-order valence-electron chi connectivity index (χ3n) is 4.16. The van der Waals surface area contributed by atoms with Crippen molar-refractivity contribution in [2.45, 2.75) is 32.8 Å². The zero-order valence-electron chi connectivity index (χ0n) is 16.8. The fourth-order valence-corrected chi connectivity index (χ4v) is 2.81.